The number of aromatic nitrogens is 3. The van der Waals surface area contributed by atoms with Gasteiger partial charge < -0.3 is 32.3 Å². The number of nitrogens with two attached hydrogens (primary N) is 1. The molecule has 0 bridgehead atoms. The third-order valence-corrected chi connectivity index (χ3v) is 4.80. The Morgan fingerprint density at radius 1 is 1.10 bits per heavy atom. The van der Waals surface area contributed by atoms with Crippen molar-refractivity contribution in [3.8, 4) is 11.3 Å². The van der Waals surface area contributed by atoms with Gasteiger partial charge in [0.2, 0.25) is 5.65 Å². The van der Waals surface area contributed by atoms with Crippen molar-refractivity contribution in [2.75, 3.05) is 16.4 Å². The molecule has 0 fully saturated rings. The van der Waals surface area contributed by atoms with Crippen molar-refractivity contribution in [1.82, 2.24) is 14.4 Å². The lowest BCUT2D eigenvalue weighted by Crippen LogP contribution is -2.19. The lowest BCUT2D eigenvalue weighted by molar-refractivity contribution is 0.262. The van der Waals surface area contributed by atoms with E-state index in [-0.39, 0.29) is 22.5 Å². The number of nitrogens with zero attached hydrogens (tertiary/aromatic N) is 2. The molecule has 5 rings (SSSR count). The minimum atomic E-state index is -0.355. The highest BCUT2D eigenvalue weighted by Crippen LogP contribution is 2.35. The van der Waals surface area contributed by atoms with Gasteiger partial charge in [0.1, 0.15) is 0 Å². The molecule has 9 N–H and O–H groups in total. The molecule has 4 aromatic rings. The minimum Gasteiger partial charge on any atom is -0.412 e. The number of benzene rings is 2. The Kier molecular flexibility index (Phi) is 5.28. The molecular formula is C20H20N6O4. The summed E-state index contributed by atoms with van der Waals surface area (Å²) in [6, 6.07) is 12.2. The summed E-state index contributed by atoms with van der Waals surface area (Å²) in [5, 5.41) is 5.58. The molecule has 0 atom stereocenters. The first-order chi connectivity index (χ1) is 13.6. The Labute approximate surface area is 170 Å². The second-order valence-corrected chi connectivity index (χ2v) is 6.65. The number of H-pyrrole nitrogens is 1. The number of urea groups is 1. The fraction of sp³-hybridized carbons (Fsp3) is 0.0500. The molecule has 1 aliphatic carbocycles. The van der Waals surface area contributed by atoms with E-state index >= 15 is 0 Å². The lowest BCUT2D eigenvalue weighted by Gasteiger charge is -2.09. The maximum atomic E-state index is 12.3. The molecule has 0 saturated heterocycles. The van der Waals surface area contributed by atoms with Crippen LogP contribution in [-0.4, -0.2) is 31.4 Å². The van der Waals surface area contributed by atoms with Crippen molar-refractivity contribution in [3.05, 3.63) is 76.5 Å². The number of imidazole rings is 1. The highest BCUT2D eigenvalue weighted by atomic mass is 16.2. The van der Waals surface area contributed by atoms with Crippen molar-refractivity contribution >= 4 is 28.7 Å². The number of aromatic amines is 1. The van der Waals surface area contributed by atoms with E-state index in [0.717, 1.165) is 22.5 Å². The van der Waals surface area contributed by atoms with Gasteiger partial charge in [-0.3, -0.25) is 9.20 Å². The number of nitrogens with one attached hydrogen (secondary N) is 3. The molecule has 10 nitrogen and oxygen atoms in total. The van der Waals surface area contributed by atoms with Crippen LogP contribution in [0.5, 0.6) is 0 Å². The first kappa shape index (κ1) is 20.6. The van der Waals surface area contributed by atoms with Crippen molar-refractivity contribution < 1.29 is 15.7 Å². The van der Waals surface area contributed by atoms with E-state index in [1.165, 1.54) is 0 Å². The molecule has 2 heterocycles. The Morgan fingerprint density at radius 3 is 2.63 bits per heavy atom. The number of carbonyl (C=O) groups is 1. The molecule has 2 amide bonds. The van der Waals surface area contributed by atoms with E-state index in [1.807, 2.05) is 22.6 Å². The predicted molar refractivity (Wildman–Crippen MR) is 115 cm³/mol. The molecule has 10 heteroatoms. The van der Waals surface area contributed by atoms with Gasteiger partial charge in [0.25, 0.3) is 5.56 Å². The average molecular weight is 408 g/mol. The summed E-state index contributed by atoms with van der Waals surface area (Å²) in [4.78, 5) is 31.5. The average Bonchev–Trinajstić information content (AvgIpc) is 3.26. The van der Waals surface area contributed by atoms with Crippen LogP contribution < -0.4 is 21.9 Å². The lowest BCUT2D eigenvalue weighted by atomic mass is 10.1. The number of amides is 2. The number of carbonyl (C=O) groups excluding carboxylic acids is 1. The van der Waals surface area contributed by atoms with Gasteiger partial charge in [-0.15, -0.1) is 0 Å². The topological polar surface area (TPSA) is 180 Å². The molecule has 0 saturated carbocycles. The maximum Gasteiger partial charge on any atom is 0.323 e. The quantitative estimate of drug-likeness (QED) is 0.320. The van der Waals surface area contributed by atoms with Gasteiger partial charge in [0.15, 0.2) is 0 Å². The first-order valence-corrected chi connectivity index (χ1v) is 8.73. The molecule has 0 aliphatic heterocycles. The number of hydrogen-bond acceptors (Lipinski definition) is 4. The number of anilines is 3. The minimum absolute atomic E-state index is 0. The van der Waals surface area contributed by atoms with Crippen LogP contribution in [0, 0.1) is 0 Å². The molecule has 30 heavy (non-hydrogen) atoms. The van der Waals surface area contributed by atoms with Crippen molar-refractivity contribution in [2.45, 2.75) is 6.42 Å². The van der Waals surface area contributed by atoms with E-state index in [1.54, 1.807) is 36.7 Å². The summed E-state index contributed by atoms with van der Waals surface area (Å²) >= 11 is 0. The molecule has 2 aromatic heterocycles. The fourth-order valence-electron chi connectivity index (χ4n) is 3.60. The zero-order chi connectivity index (χ0) is 19.3. The Bertz CT molecular complexity index is 1310. The maximum absolute atomic E-state index is 12.3. The van der Waals surface area contributed by atoms with Crippen LogP contribution in [0.3, 0.4) is 0 Å². The van der Waals surface area contributed by atoms with Gasteiger partial charge in [0.05, 0.1) is 11.4 Å². The number of fused-ring (bicyclic) bond motifs is 5. The largest absolute Gasteiger partial charge is 0.412 e. The summed E-state index contributed by atoms with van der Waals surface area (Å²) in [5.74, 6) is 0. The fourth-order valence-corrected chi connectivity index (χ4v) is 3.60. The predicted octanol–water partition coefficient (Wildman–Crippen LogP) is 1.17. The first-order valence-electron chi connectivity index (χ1n) is 8.73. The molecule has 0 unspecified atom stereocenters. The van der Waals surface area contributed by atoms with Gasteiger partial charge in [-0.1, -0.05) is 12.1 Å². The summed E-state index contributed by atoms with van der Waals surface area (Å²) in [6.45, 7) is 0. The molecule has 2 aromatic carbocycles. The SMILES string of the molecule is Nc1cccc(NC(=O)Nc2ccc3c(c2)Cc2c-3[nH]c(=O)c3nccn23)c1.O.O. The zero-order valence-electron chi connectivity index (χ0n) is 15.7. The molecular weight excluding hydrogens is 388 g/mol. The summed E-state index contributed by atoms with van der Waals surface area (Å²) in [7, 11) is 0. The summed E-state index contributed by atoms with van der Waals surface area (Å²) in [6.07, 6.45) is 4.04. The number of nitrogen functional groups attached to an aromatic ring is 1. The van der Waals surface area contributed by atoms with Crippen molar-refractivity contribution in [2.24, 2.45) is 0 Å². The van der Waals surface area contributed by atoms with Gasteiger partial charge in [-0.05, 0) is 35.9 Å². The molecule has 154 valence electrons. The van der Waals surface area contributed by atoms with Gasteiger partial charge in [-0.2, -0.15) is 0 Å². The van der Waals surface area contributed by atoms with E-state index in [2.05, 4.69) is 20.6 Å². The third-order valence-electron chi connectivity index (χ3n) is 4.80. The Hall–Kier alpha value is -4.15. The Morgan fingerprint density at radius 2 is 1.87 bits per heavy atom. The van der Waals surface area contributed by atoms with Crippen molar-refractivity contribution in [1.29, 1.82) is 0 Å². The molecule has 1 aliphatic rings. The molecule has 0 spiro atoms. The second-order valence-electron chi connectivity index (χ2n) is 6.65. The van der Waals surface area contributed by atoms with E-state index in [0.29, 0.717) is 29.1 Å². The van der Waals surface area contributed by atoms with E-state index < -0.39 is 0 Å². The summed E-state index contributed by atoms with van der Waals surface area (Å²) < 4.78 is 1.81. The van der Waals surface area contributed by atoms with Gasteiger partial charge >= 0.3 is 6.03 Å². The van der Waals surface area contributed by atoms with Gasteiger partial charge in [0, 0.05) is 41.4 Å². The smallest absolute Gasteiger partial charge is 0.323 e. The van der Waals surface area contributed by atoms with Crippen LogP contribution in [0.4, 0.5) is 21.9 Å². The van der Waals surface area contributed by atoms with Crippen LogP contribution in [0.25, 0.3) is 16.9 Å². The van der Waals surface area contributed by atoms with Crippen LogP contribution in [0.1, 0.15) is 11.3 Å². The number of hydrogen-bond donors (Lipinski definition) is 4. The highest BCUT2D eigenvalue weighted by molar-refractivity contribution is 6.00. The van der Waals surface area contributed by atoms with Crippen LogP contribution in [-0.2, 0) is 6.42 Å². The zero-order valence-corrected chi connectivity index (χ0v) is 15.7. The van der Waals surface area contributed by atoms with Crippen LogP contribution in [0.15, 0.2) is 59.7 Å². The third kappa shape index (κ3) is 3.36. The standard InChI is InChI=1S/C20H16N6O2.2H2O/c21-12-2-1-3-13(10-12)23-20(28)24-14-4-5-15-11(8-14)9-16-17(15)25-19(27)18-22-6-7-26(16)18;;/h1-8,10H,9,21H2,(H,25,27)(H2,23,24,28);2*1H2. The Balaban J connectivity index is 0.00000128. The van der Waals surface area contributed by atoms with E-state index in [4.69, 9.17) is 5.73 Å². The normalized spacial score (nSPS) is 11.1. The van der Waals surface area contributed by atoms with Gasteiger partial charge in [-0.25, -0.2) is 9.78 Å². The number of rotatable bonds is 2. The molecule has 0 radical (unpaired) electrons. The summed E-state index contributed by atoms with van der Waals surface area (Å²) in [5.41, 5.74) is 11.5. The highest BCUT2D eigenvalue weighted by Gasteiger charge is 2.23. The second kappa shape index (κ2) is 7.70. The van der Waals surface area contributed by atoms with Crippen LogP contribution >= 0.6 is 0 Å². The van der Waals surface area contributed by atoms with Crippen molar-refractivity contribution in [3.63, 3.8) is 0 Å². The van der Waals surface area contributed by atoms with Crippen LogP contribution in [0.2, 0.25) is 0 Å². The van der Waals surface area contributed by atoms with E-state index in [9.17, 15) is 9.59 Å². The monoisotopic (exact) mass is 408 g/mol.